The van der Waals surface area contributed by atoms with Crippen LogP contribution in [0.15, 0.2) is 42.6 Å². The summed E-state index contributed by atoms with van der Waals surface area (Å²) in [5, 5.41) is 5.71. The molecule has 1 saturated heterocycles. The lowest BCUT2D eigenvalue weighted by Gasteiger charge is -2.21. The highest BCUT2D eigenvalue weighted by Gasteiger charge is 2.24. The number of para-hydroxylation sites is 2. The molecule has 2 aromatic rings. The lowest BCUT2D eigenvalue weighted by atomic mass is 10.1. The zero-order chi connectivity index (χ0) is 18.4. The molecule has 0 radical (unpaired) electrons. The van der Waals surface area contributed by atoms with Gasteiger partial charge in [0.2, 0.25) is 5.88 Å². The SMILES string of the molecule is COc1ccccc1N1CCC(CNC(=O)Nc2cccnc2OC)C1. The topological polar surface area (TPSA) is 75.7 Å². The first-order chi connectivity index (χ1) is 12.7. The van der Waals surface area contributed by atoms with Gasteiger partial charge in [0, 0.05) is 25.8 Å². The third-order valence-corrected chi connectivity index (χ3v) is 4.48. The third-order valence-electron chi connectivity index (χ3n) is 4.48. The van der Waals surface area contributed by atoms with Gasteiger partial charge in [-0.15, -0.1) is 0 Å². The van der Waals surface area contributed by atoms with E-state index in [0.29, 0.717) is 24.0 Å². The van der Waals surface area contributed by atoms with E-state index < -0.39 is 0 Å². The summed E-state index contributed by atoms with van der Waals surface area (Å²) in [6, 6.07) is 11.3. The van der Waals surface area contributed by atoms with Gasteiger partial charge in [-0.25, -0.2) is 9.78 Å². The number of nitrogens with one attached hydrogen (secondary N) is 2. The predicted molar refractivity (Wildman–Crippen MR) is 101 cm³/mol. The molecule has 1 aliphatic rings. The molecule has 1 aromatic heterocycles. The number of pyridine rings is 1. The second-order valence-electron chi connectivity index (χ2n) is 6.17. The summed E-state index contributed by atoms with van der Waals surface area (Å²) in [5.74, 6) is 1.66. The number of hydrogen-bond donors (Lipinski definition) is 2. The molecule has 1 aliphatic heterocycles. The highest BCUT2D eigenvalue weighted by Crippen LogP contribution is 2.31. The molecule has 0 bridgehead atoms. The Morgan fingerprint density at radius 2 is 2.08 bits per heavy atom. The van der Waals surface area contributed by atoms with Gasteiger partial charge in [-0.2, -0.15) is 0 Å². The van der Waals surface area contributed by atoms with Gasteiger partial charge in [-0.3, -0.25) is 0 Å². The van der Waals surface area contributed by atoms with Crippen molar-refractivity contribution < 1.29 is 14.3 Å². The summed E-state index contributed by atoms with van der Waals surface area (Å²) in [6.45, 7) is 2.45. The van der Waals surface area contributed by atoms with Crippen LogP contribution >= 0.6 is 0 Å². The highest BCUT2D eigenvalue weighted by molar-refractivity contribution is 5.90. The molecule has 2 amide bonds. The van der Waals surface area contributed by atoms with Gasteiger partial charge in [0.25, 0.3) is 0 Å². The normalized spacial score (nSPS) is 16.2. The monoisotopic (exact) mass is 356 g/mol. The highest BCUT2D eigenvalue weighted by atomic mass is 16.5. The third kappa shape index (κ3) is 4.17. The zero-order valence-corrected chi connectivity index (χ0v) is 15.1. The first-order valence-electron chi connectivity index (χ1n) is 8.63. The van der Waals surface area contributed by atoms with E-state index in [0.717, 1.165) is 30.9 Å². The van der Waals surface area contributed by atoms with Crippen LogP contribution in [0, 0.1) is 5.92 Å². The predicted octanol–water partition coefficient (Wildman–Crippen LogP) is 2.75. The van der Waals surface area contributed by atoms with E-state index in [1.165, 1.54) is 7.11 Å². The van der Waals surface area contributed by atoms with Crippen molar-refractivity contribution in [2.24, 2.45) is 5.92 Å². The minimum absolute atomic E-state index is 0.257. The van der Waals surface area contributed by atoms with Crippen LogP contribution < -0.4 is 25.0 Å². The van der Waals surface area contributed by atoms with Crippen LogP contribution in [0.4, 0.5) is 16.2 Å². The maximum absolute atomic E-state index is 12.2. The number of aromatic nitrogens is 1. The van der Waals surface area contributed by atoms with Crippen molar-refractivity contribution in [3.63, 3.8) is 0 Å². The number of anilines is 2. The standard InChI is InChI=1S/C19H24N4O3/c1-25-17-8-4-3-7-16(17)23-11-9-14(13-23)12-21-19(24)22-15-6-5-10-20-18(15)26-2/h3-8,10,14H,9,11-13H2,1-2H3,(H2,21,22,24). The lowest BCUT2D eigenvalue weighted by molar-refractivity contribution is 0.250. The molecule has 2 heterocycles. The van der Waals surface area contributed by atoms with Crippen LogP contribution in [0.25, 0.3) is 0 Å². The summed E-state index contributed by atoms with van der Waals surface area (Å²) >= 11 is 0. The summed E-state index contributed by atoms with van der Waals surface area (Å²) in [5.41, 5.74) is 1.65. The lowest BCUT2D eigenvalue weighted by Crippen LogP contribution is -2.34. The molecule has 1 fully saturated rings. The van der Waals surface area contributed by atoms with E-state index >= 15 is 0 Å². The van der Waals surface area contributed by atoms with Gasteiger partial charge in [0.1, 0.15) is 11.4 Å². The number of carbonyl (C=O) groups is 1. The molecule has 138 valence electrons. The van der Waals surface area contributed by atoms with Gasteiger partial charge < -0.3 is 25.0 Å². The Morgan fingerprint density at radius 3 is 2.88 bits per heavy atom. The Morgan fingerprint density at radius 1 is 1.23 bits per heavy atom. The average molecular weight is 356 g/mol. The average Bonchev–Trinajstić information content (AvgIpc) is 3.15. The minimum Gasteiger partial charge on any atom is -0.495 e. The second-order valence-corrected chi connectivity index (χ2v) is 6.17. The fraction of sp³-hybridized carbons (Fsp3) is 0.368. The van der Waals surface area contributed by atoms with Crippen molar-refractivity contribution in [3.05, 3.63) is 42.6 Å². The van der Waals surface area contributed by atoms with E-state index in [1.807, 2.05) is 18.2 Å². The second kappa shape index (κ2) is 8.42. The van der Waals surface area contributed by atoms with E-state index in [1.54, 1.807) is 25.4 Å². The van der Waals surface area contributed by atoms with Crippen LogP contribution in [0.3, 0.4) is 0 Å². The number of hydrogen-bond acceptors (Lipinski definition) is 5. The van der Waals surface area contributed by atoms with Gasteiger partial charge in [0.05, 0.1) is 19.9 Å². The van der Waals surface area contributed by atoms with Crippen molar-refractivity contribution in [2.75, 3.05) is 44.1 Å². The van der Waals surface area contributed by atoms with E-state index in [4.69, 9.17) is 9.47 Å². The zero-order valence-electron chi connectivity index (χ0n) is 15.1. The van der Waals surface area contributed by atoms with Crippen LogP contribution in [0.1, 0.15) is 6.42 Å². The molecule has 1 aromatic carbocycles. The summed E-state index contributed by atoms with van der Waals surface area (Å²) in [6.07, 6.45) is 2.64. The summed E-state index contributed by atoms with van der Waals surface area (Å²) < 4.78 is 10.6. The van der Waals surface area contributed by atoms with Gasteiger partial charge in [-0.1, -0.05) is 12.1 Å². The van der Waals surface area contributed by atoms with Gasteiger partial charge in [0.15, 0.2) is 0 Å². The molecule has 26 heavy (non-hydrogen) atoms. The number of methoxy groups -OCH3 is 2. The fourth-order valence-electron chi connectivity index (χ4n) is 3.16. The van der Waals surface area contributed by atoms with Crippen molar-refractivity contribution in [3.8, 4) is 11.6 Å². The largest absolute Gasteiger partial charge is 0.495 e. The quantitative estimate of drug-likeness (QED) is 0.832. The number of rotatable bonds is 6. The number of urea groups is 1. The Labute approximate surface area is 153 Å². The molecule has 1 atom stereocenters. The molecule has 1 unspecified atom stereocenters. The molecule has 0 spiro atoms. The number of nitrogens with zero attached hydrogens (tertiary/aromatic N) is 2. The van der Waals surface area contributed by atoms with Crippen LogP contribution in [-0.4, -0.2) is 44.9 Å². The maximum atomic E-state index is 12.2. The summed E-state index contributed by atoms with van der Waals surface area (Å²) in [4.78, 5) is 18.5. The Kier molecular flexibility index (Phi) is 5.78. The van der Waals surface area contributed by atoms with Crippen molar-refractivity contribution in [1.82, 2.24) is 10.3 Å². The molecule has 3 rings (SSSR count). The Bertz CT molecular complexity index is 753. The Hall–Kier alpha value is -2.96. The van der Waals surface area contributed by atoms with E-state index in [9.17, 15) is 4.79 Å². The number of ether oxygens (including phenoxy) is 2. The molecule has 7 nitrogen and oxygen atoms in total. The van der Waals surface area contributed by atoms with E-state index in [2.05, 4.69) is 26.6 Å². The van der Waals surface area contributed by atoms with E-state index in [-0.39, 0.29) is 6.03 Å². The van der Waals surface area contributed by atoms with Crippen molar-refractivity contribution in [1.29, 1.82) is 0 Å². The fourth-order valence-corrected chi connectivity index (χ4v) is 3.16. The van der Waals surface area contributed by atoms with Crippen molar-refractivity contribution >= 4 is 17.4 Å². The van der Waals surface area contributed by atoms with Gasteiger partial charge >= 0.3 is 6.03 Å². The van der Waals surface area contributed by atoms with Gasteiger partial charge in [-0.05, 0) is 36.6 Å². The summed E-state index contributed by atoms with van der Waals surface area (Å²) in [7, 11) is 3.21. The Balaban J connectivity index is 1.51. The first kappa shape index (κ1) is 17.8. The van der Waals surface area contributed by atoms with Crippen LogP contribution in [-0.2, 0) is 0 Å². The minimum atomic E-state index is -0.257. The molecule has 2 N–H and O–H groups in total. The molecule has 0 aliphatic carbocycles. The number of carbonyl (C=O) groups excluding carboxylic acids is 1. The number of amides is 2. The molecular formula is C19H24N4O3. The maximum Gasteiger partial charge on any atom is 0.319 e. The molecule has 0 saturated carbocycles. The van der Waals surface area contributed by atoms with Crippen LogP contribution in [0.5, 0.6) is 11.6 Å². The smallest absolute Gasteiger partial charge is 0.319 e. The first-order valence-corrected chi connectivity index (χ1v) is 8.63. The van der Waals surface area contributed by atoms with Crippen molar-refractivity contribution in [2.45, 2.75) is 6.42 Å². The van der Waals surface area contributed by atoms with Crippen LogP contribution in [0.2, 0.25) is 0 Å². The number of benzene rings is 1. The molecule has 7 heteroatoms. The molecular weight excluding hydrogens is 332 g/mol.